The SMILES string of the molecule is O.O=[Te].[Mo+4].[NH4+]. The van der Waals surface area contributed by atoms with Gasteiger partial charge in [0.15, 0.2) is 0 Å². The van der Waals surface area contributed by atoms with Gasteiger partial charge in [0.2, 0.25) is 0 Å². The summed E-state index contributed by atoms with van der Waals surface area (Å²) in [6, 6.07) is 0. The van der Waals surface area contributed by atoms with E-state index in [1.54, 1.807) is 0 Å². The monoisotopic (exact) mass is 280 g/mol. The molecule has 0 aromatic heterocycles. The molecule has 0 saturated heterocycles. The first kappa shape index (κ1) is 34.7. The van der Waals surface area contributed by atoms with Gasteiger partial charge in [-0.05, 0) is 0 Å². The summed E-state index contributed by atoms with van der Waals surface area (Å²) >= 11 is 0.700. The van der Waals surface area contributed by atoms with E-state index in [-0.39, 0.29) is 32.7 Å². The smallest absolute Gasteiger partial charge is 0.369 e. The molecule has 0 spiro atoms. The third kappa shape index (κ3) is 37.0. The Bertz CT molecular complexity index is 9.61. The van der Waals surface area contributed by atoms with Crippen LogP contribution in [0.5, 0.6) is 0 Å². The van der Waals surface area contributed by atoms with Gasteiger partial charge in [-0.1, -0.05) is 0 Å². The number of quaternary nitrogens is 1. The Labute approximate surface area is 57.9 Å². The van der Waals surface area contributed by atoms with E-state index in [1.807, 2.05) is 0 Å². The normalized spacial score (nSPS) is 0.800. The van der Waals surface area contributed by atoms with Crippen LogP contribution in [0.25, 0.3) is 0 Å². The van der Waals surface area contributed by atoms with Gasteiger partial charge < -0.3 is 11.6 Å². The molecule has 0 aromatic rings. The minimum Gasteiger partial charge on any atom is -0.369 e. The fraction of sp³-hybridized carbons (Fsp3) is 0. The molecule has 6 N–H and O–H groups in total. The summed E-state index contributed by atoms with van der Waals surface area (Å²) in [6.45, 7) is 0. The van der Waals surface area contributed by atoms with E-state index < -0.39 is 0 Å². The molecule has 0 saturated carbocycles. The molecule has 0 unspecified atom stereocenters. The molecule has 0 aliphatic rings. The van der Waals surface area contributed by atoms with Gasteiger partial charge in [0.05, 0.1) is 0 Å². The van der Waals surface area contributed by atoms with Gasteiger partial charge in [-0.15, -0.1) is 0 Å². The molecule has 0 atom stereocenters. The summed E-state index contributed by atoms with van der Waals surface area (Å²) in [5.74, 6) is 0. The Hall–Kier alpha value is 1.20. The average Bonchev–Trinajstić information content (AvgIpc) is 1.00. The third-order valence-electron chi connectivity index (χ3n) is 0. The van der Waals surface area contributed by atoms with Gasteiger partial charge in [0, 0.05) is 0 Å². The topological polar surface area (TPSA) is 85.1 Å². The van der Waals surface area contributed by atoms with E-state index in [9.17, 15) is 0 Å². The number of hydrogen-bond acceptors (Lipinski definition) is 1. The number of rotatable bonds is 0. The van der Waals surface area contributed by atoms with E-state index in [4.69, 9.17) is 3.10 Å². The summed E-state index contributed by atoms with van der Waals surface area (Å²) in [5.41, 5.74) is 0. The van der Waals surface area contributed by atoms with Crippen molar-refractivity contribution in [2.75, 3.05) is 0 Å². The van der Waals surface area contributed by atoms with Crippen LogP contribution >= 0.6 is 0 Å². The summed E-state index contributed by atoms with van der Waals surface area (Å²) < 4.78 is 8.26. The Morgan fingerprint density at radius 1 is 1.20 bits per heavy atom. The molecule has 0 radical (unpaired) electrons. The van der Waals surface area contributed by atoms with Crippen molar-refractivity contribution in [1.82, 2.24) is 6.15 Å². The van der Waals surface area contributed by atoms with Gasteiger partial charge in [0.25, 0.3) is 0 Å². The second-order valence-corrected chi connectivity index (χ2v) is 0. The van der Waals surface area contributed by atoms with Gasteiger partial charge in [0.1, 0.15) is 0 Å². The van der Waals surface area contributed by atoms with Crippen LogP contribution in [0, 0.1) is 0 Å². The predicted molar refractivity (Wildman–Crippen MR) is 16.0 cm³/mol. The zero-order valence-electron chi connectivity index (χ0n) is 2.72. The standard InChI is InChI=1S/Mo.H3N.OTe.H2O/c;;1-2;/h;1H3;;1H2/q+4;;;/p+1. The van der Waals surface area contributed by atoms with Crippen LogP contribution in [0.4, 0.5) is 0 Å². The van der Waals surface area contributed by atoms with E-state index in [0.717, 1.165) is 0 Å². The van der Waals surface area contributed by atoms with Crippen molar-refractivity contribution < 1.29 is 29.6 Å². The Balaban J connectivity index is -0.00000000167. The van der Waals surface area contributed by atoms with Gasteiger partial charge in [-0.25, -0.2) is 0 Å². The summed E-state index contributed by atoms with van der Waals surface area (Å²) in [5, 5.41) is 0. The molecule has 0 aliphatic carbocycles. The maximum Gasteiger partial charge on any atom is 4.00 e. The van der Waals surface area contributed by atoms with Crippen molar-refractivity contribution in [1.29, 1.82) is 0 Å². The van der Waals surface area contributed by atoms with Crippen molar-refractivity contribution in [2.45, 2.75) is 0 Å². The van der Waals surface area contributed by atoms with Crippen LogP contribution in [-0.4, -0.2) is 27.8 Å². The second-order valence-electron chi connectivity index (χ2n) is 0. The Kier molecular flexibility index (Phi) is 443. The van der Waals surface area contributed by atoms with Crippen LogP contribution < -0.4 is 6.15 Å². The summed E-state index contributed by atoms with van der Waals surface area (Å²) in [4.78, 5) is 0. The first-order valence-electron chi connectivity index (χ1n) is 0.167. The molecule has 30 valence electrons. The maximum absolute atomic E-state index is 8.26. The summed E-state index contributed by atoms with van der Waals surface area (Å²) in [7, 11) is 0. The van der Waals surface area contributed by atoms with Gasteiger partial charge in [-0.3, -0.25) is 0 Å². The van der Waals surface area contributed by atoms with Crippen LogP contribution in [0.2, 0.25) is 0 Å². The first-order valence-corrected chi connectivity index (χ1v) is 1.12. The fourth-order valence-electron chi connectivity index (χ4n) is 0. The molecule has 5 heavy (non-hydrogen) atoms. The molecule has 0 bridgehead atoms. The van der Waals surface area contributed by atoms with E-state index in [2.05, 4.69) is 0 Å². The van der Waals surface area contributed by atoms with Crippen molar-refractivity contribution in [3.05, 3.63) is 0 Å². The van der Waals surface area contributed by atoms with Gasteiger partial charge in [-0.2, -0.15) is 0 Å². The van der Waals surface area contributed by atoms with Crippen molar-refractivity contribution >= 4 is 22.3 Å². The van der Waals surface area contributed by atoms with Gasteiger partial charge >= 0.3 is 46.4 Å². The van der Waals surface area contributed by atoms with Crippen LogP contribution in [0.3, 0.4) is 0 Å². The maximum atomic E-state index is 8.26. The first-order chi connectivity index (χ1) is 1.00. The molecular weight excluding hydrogens is 270 g/mol. The Morgan fingerprint density at radius 3 is 1.20 bits per heavy atom. The largest absolute Gasteiger partial charge is 4.00 e. The van der Waals surface area contributed by atoms with Crippen molar-refractivity contribution in [2.24, 2.45) is 0 Å². The minimum absolute atomic E-state index is 0. The van der Waals surface area contributed by atoms with Crippen LogP contribution in [0.15, 0.2) is 0 Å². The minimum atomic E-state index is 0. The molecule has 0 aromatic carbocycles. The molecule has 0 amide bonds. The molecular formula is H6MoNO2Te+5. The average molecular weight is 276 g/mol. The van der Waals surface area contributed by atoms with E-state index in [1.165, 1.54) is 0 Å². The van der Waals surface area contributed by atoms with Crippen molar-refractivity contribution in [3.63, 3.8) is 0 Å². The fourth-order valence-corrected chi connectivity index (χ4v) is 0. The molecule has 0 heterocycles. The molecule has 0 aliphatic heterocycles. The van der Waals surface area contributed by atoms with Crippen LogP contribution in [-0.2, 0) is 24.2 Å². The molecule has 0 fully saturated rings. The zero-order chi connectivity index (χ0) is 2.00. The molecule has 3 nitrogen and oxygen atoms in total. The van der Waals surface area contributed by atoms with E-state index >= 15 is 0 Å². The van der Waals surface area contributed by atoms with E-state index in [0.29, 0.717) is 22.3 Å². The predicted octanol–water partition coefficient (Wildman–Crippen LogP) is -0.951. The molecule has 0 rings (SSSR count). The molecule has 5 heteroatoms. The Morgan fingerprint density at radius 2 is 1.20 bits per heavy atom. The number of hydrogen-bond donors (Lipinski definition) is 1. The second kappa shape index (κ2) is 63.8. The zero-order valence-corrected chi connectivity index (χ0v) is 7.06. The summed E-state index contributed by atoms with van der Waals surface area (Å²) in [6.07, 6.45) is 0. The quantitative estimate of drug-likeness (QED) is 0.568. The van der Waals surface area contributed by atoms with Crippen LogP contribution in [0.1, 0.15) is 0 Å². The third-order valence-corrected chi connectivity index (χ3v) is 0. The van der Waals surface area contributed by atoms with Crippen molar-refractivity contribution in [3.8, 4) is 0 Å².